The normalized spacial score (nSPS) is 15.1. The third kappa shape index (κ3) is 3.21. The molecule has 0 radical (unpaired) electrons. The SMILES string of the molecule is O=C(NCCc1ccc2c(c1)OCO2)c1cc(C2CC2)nc2ccccc12. The van der Waals surface area contributed by atoms with E-state index in [9.17, 15) is 4.79 Å². The minimum absolute atomic E-state index is 0.0451. The number of rotatable bonds is 5. The van der Waals surface area contributed by atoms with Crippen LogP contribution in [0.1, 0.15) is 40.4 Å². The first-order valence-corrected chi connectivity index (χ1v) is 9.34. The van der Waals surface area contributed by atoms with Gasteiger partial charge in [-0.05, 0) is 49.1 Å². The summed E-state index contributed by atoms with van der Waals surface area (Å²) in [6, 6.07) is 15.7. The lowest BCUT2D eigenvalue weighted by molar-refractivity contribution is 0.0955. The number of hydrogen-bond acceptors (Lipinski definition) is 4. The molecule has 136 valence electrons. The molecule has 1 aliphatic heterocycles. The Bertz CT molecular complexity index is 1030. The summed E-state index contributed by atoms with van der Waals surface area (Å²) in [5.74, 6) is 2.01. The molecule has 3 aromatic rings. The highest BCUT2D eigenvalue weighted by Gasteiger charge is 2.26. The van der Waals surface area contributed by atoms with E-state index in [1.165, 1.54) is 0 Å². The summed E-state index contributed by atoms with van der Waals surface area (Å²) < 4.78 is 10.7. The first-order valence-electron chi connectivity index (χ1n) is 9.34. The van der Waals surface area contributed by atoms with Gasteiger partial charge >= 0.3 is 0 Å². The lowest BCUT2D eigenvalue weighted by Crippen LogP contribution is -2.26. The minimum Gasteiger partial charge on any atom is -0.454 e. The molecule has 1 aromatic heterocycles. The number of carbonyl (C=O) groups is 1. The van der Waals surface area contributed by atoms with Crippen LogP contribution in [0.25, 0.3) is 10.9 Å². The number of nitrogens with zero attached hydrogens (tertiary/aromatic N) is 1. The predicted octanol–water partition coefficient (Wildman–Crippen LogP) is 3.81. The Morgan fingerprint density at radius 1 is 1.07 bits per heavy atom. The number of carbonyl (C=O) groups excluding carboxylic acids is 1. The number of benzene rings is 2. The van der Waals surface area contributed by atoms with E-state index in [4.69, 9.17) is 14.5 Å². The fraction of sp³-hybridized carbons (Fsp3) is 0.273. The number of fused-ring (bicyclic) bond motifs is 2. The first kappa shape index (κ1) is 16.1. The summed E-state index contributed by atoms with van der Waals surface area (Å²) in [4.78, 5) is 17.6. The molecule has 5 rings (SSSR count). The molecule has 1 saturated carbocycles. The molecule has 5 heteroatoms. The van der Waals surface area contributed by atoms with Gasteiger partial charge in [0, 0.05) is 23.5 Å². The maximum Gasteiger partial charge on any atom is 0.252 e. The maximum atomic E-state index is 12.8. The van der Waals surface area contributed by atoms with Crippen molar-refractivity contribution in [2.45, 2.75) is 25.2 Å². The molecule has 2 aromatic carbocycles. The average molecular weight is 360 g/mol. The summed E-state index contributed by atoms with van der Waals surface area (Å²) in [7, 11) is 0. The number of hydrogen-bond donors (Lipinski definition) is 1. The molecule has 1 fully saturated rings. The number of ether oxygens (including phenoxy) is 2. The van der Waals surface area contributed by atoms with Crippen molar-refractivity contribution in [3.05, 3.63) is 65.4 Å². The largest absolute Gasteiger partial charge is 0.454 e. The third-order valence-electron chi connectivity index (χ3n) is 5.11. The molecule has 1 aliphatic carbocycles. The summed E-state index contributed by atoms with van der Waals surface area (Å²) in [6.07, 6.45) is 3.06. The monoisotopic (exact) mass is 360 g/mol. The maximum absolute atomic E-state index is 12.8. The molecule has 0 saturated heterocycles. The van der Waals surface area contributed by atoms with Gasteiger partial charge in [0.2, 0.25) is 6.79 Å². The molecule has 2 aliphatic rings. The molecule has 1 amide bonds. The lowest BCUT2D eigenvalue weighted by Gasteiger charge is -2.10. The van der Waals surface area contributed by atoms with Gasteiger partial charge in [-0.2, -0.15) is 0 Å². The van der Waals surface area contributed by atoms with Gasteiger partial charge in [0.25, 0.3) is 5.91 Å². The quantitative estimate of drug-likeness (QED) is 0.752. The number of amides is 1. The van der Waals surface area contributed by atoms with E-state index in [0.717, 1.165) is 52.9 Å². The van der Waals surface area contributed by atoms with Crippen molar-refractivity contribution in [3.63, 3.8) is 0 Å². The Kier molecular flexibility index (Phi) is 3.93. The second-order valence-corrected chi connectivity index (χ2v) is 7.08. The zero-order valence-corrected chi connectivity index (χ0v) is 14.9. The zero-order chi connectivity index (χ0) is 18.2. The summed E-state index contributed by atoms with van der Waals surface area (Å²) in [5, 5.41) is 3.96. The van der Waals surface area contributed by atoms with Crippen LogP contribution in [0.5, 0.6) is 11.5 Å². The molecule has 2 heterocycles. The van der Waals surface area contributed by atoms with Crippen molar-refractivity contribution >= 4 is 16.8 Å². The zero-order valence-electron chi connectivity index (χ0n) is 14.9. The second-order valence-electron chi connectivity index (χ2n) is 7.08. The van der Waals surface area contributed by atoms with Crippen LogP contribution in [0.15, 0.2) is 48.5 Å². The third-order valence-corrected chi connectivity index (χ3v) is 5.11. The Labute approximate surface area is 157 Å². The average Bonchev–Trinajstić information content (AvgIpc) is 3.45. The summed E-state index contributed by atoms with van der Waals surface area (Å²) in [6.45, 7) is 0.835. The van der Waals surface area contributed by atoms with Gasteiger partial charge < -0.3 is 14.8 Å². The van der Waals surface area contributed by atoms with Crippen LogP contribution < -0.4 is 14.8 Å². The van der Waals surface area contributed by atoms with E-state index in [1.807, 2.05) is 48.5 Å². The molecule has 0 spiro atoms. The highest BCUT2D eigenvalue weighted by molar-refractivity contribution is 6.06. The topological polar surface area (TPSA) is 60.5 Å². The Morgan fingerprint density at radius 3 is 2.81 bits per heavy atom. The molecule has 5 nitrogen and oxygen atoms in total. The Hall–Kier alpha value is -3.08. The van der Waals surface area contributed by atoms with Crippen LogP contribution in [0, 0.1) is 0 Å². The van der Waals surface area contributed by atoms with E-state index < -0.39 is 0 Å². The summed E-state index contributed by atoms with van der Waals surface area (Å²) >= 11 is 0. The summed E-state index contributed by atoms with van der Waals surface area (Å²) in [5.41, 5.74) is 3.75. The van der Waals surface area contributed by atoms with Gasteiger partial charge in [-0.1, -0.05) is 24.3 Å². The van der Waals surface area contributed by atoms with Gasteiger partial charge in [-0.15, -0.1) is 0 Å². The van der Waals surface area contributed by atoms with E-state index in [-0.39, 0.29) is 12.7 Å². The van der Waals surface area contributed by atoms with E-state index in [2.05, 4.69) is 5.32 Å². The van der Waals surface area contributed by atoms with Crippen molar-refractivity contribution in [1.29, 1.82) is 0 Å². The van der Waals surface area contributed by atoms with E-state index in [1.54, 1.807) is 0 Å². The number of para-hydroxylation sites is 1. The van der Waals surface area contributed by atoms with E-state index in [0.29, 0.717) is 18.0 Å². The molecular weight excluding hydrogens is 340 g/mol. The van der Waals surface area contributed by atoms with Crippen LogP contribution in [0.3, 0.4) is 0 Å². The number of pyridine rings is 1. The van der Waals surface area contributed by atoms with Gasteiger partial charge in [0.15, 0.2) is 11.5 Å². The van der Waals surface area contributed by atoms with Crippen LogP contribution in [0.4, 0.5) is 0 Å². The standard InChI is InChI=1S/C22H20N2O3/c25-22(23-10-9-14-5-8-20-21(11-14)27-13-26-20)17-12-19(15-6-7-15)24-18-4-2-1-3-16(17)18/h1-5,8,11-12,15H,6-7,9-10,13H2,(H,23,25). The fourth-order valence-corrected chi connectivity index (χ4v) is 3.48. The number of aromatic nitrogens is 1. The highest BCUT2D eigenvalue weighted by Crippen LogP contribution is 2.40. The smallest absolute Gasteiger partial charge is 0.252 e. The van der Waals surface area contributed by atoms with Crippen molar-refractivity contribution in [3.8, 4) is 11.5 Å². The van der Waals surface area contributed by atoms with Crippen molar-refractivity contribution < 1.29 is 14.3 Å². The molecule has 0 unspecified atom stereocenters. The van der Waals surface area contributed by atoms with Crippen LogP contribution in [-0.2, 0) is 6.42 Å². The van der Waals surface area contributed by atoms with Crippen molar-refractivity contribution in [1.82, 2.24) is 10.3 Å². The van der Waals surface area contributed by atoms with Crippen LogP contribution >= 0.6 is 0 Å². The van der Waals surface area contributed by atoms with Gasteiger partial charge in [0.05, 0.1) is 11.1 Å². The van der Waals surface area contributed by atoms with Gasteiger partial charge in [-0.3, -0.25) is 9.78 Å². The molecule has 0 atom stereocenters. The second kappa shape index (κ2) is 6.58. The predicted molar refractivity (Wildman–Crippen MR) is 102 cm³/mol. The number of nitrogens with one attached hydrogen (secondary N) is 1. The molecule has 27 heavy (non-hydrogen) atoms. The van der Waals surface area contributed by atoms with Gasteiger partial charge in [0.1, 0.15) is 0 Å². The van der Waals surface area contributed by atoms with Crippen molar-refractivity contribution in [2.24, 2.45) is 0 Å². The van der Waals surface area contributed by atoms with Crippen LogP contribution in [0.2, 0.25) is 0 Å². The lowest BCUT2D eigenvalue weighted by atomic mass is 10.1. The molecular formula is C22H20N2O3. The van der Waals surface area contributed by atoms with Gasteiger partial charge in [-0.25, -0.2) is 0 Å². The van der Waals surface area contributed by atoms with Crippen molar-refractivity contribution in [2.75, 3.05) is 13.3 Å². The fourth-order valence-electron chi connectivity index (χ4n) is 3.48. The first-order chi connectivity index (χ1) is 13.3. The highest BCUT2D eigenvalue weighted by atomic mass is 16.7. The van der Waals surface area contributed by atoms with E-state index >= 15 is 0 Å². The van der Waals surface area contributed by atoms with Crippen LogP contribution in [-0.4, -0.2) is 24.2 Å². The minimum atomic E-state index is -0.0451. The molecule has 1 N–H and O–H groups in total. The Balaban J connectivity index is 1.32. The Morgan fingerprint density at radius 2 is 1.93 bits per heavy atom. The molecule has 0 bridgehead atoms.